The minimum absolute atomic E-state index is 0.191. The highest BCUT2D eigenvalue weighted by Gasteiger charge is 2.20. The molecule has 6 heteroatoms. The van der Waals surface area contributed by atoms with Gasteiger partial charge in [0.1, 0.15) is 11.5 Å². The molecule has 1 aliphatic rings. The van der Waals surface area contributed by atoms with E-state index in [9.17, 15) is 9.59 Å². The number of hydrogen-bond acceptors (Lipinski definition) is 4. The maximum Gasteiger partial charge on any atom is 0.274 e. The molecule has 2 heterocycles. The van der Waals surface area contributed by atoms with E-state index >= 15 is 0 Å². The van der Waals surface area contributed by atoms with Crippen molar-refractivity contribution in [3.05, 3.63) is 53.6 Å². The van der Waals surface area contributed by atoms with Gasteiger partial charge in [0.05, 0.1) is 0 Å². The van der Waals surface area contributed by atoms with Crippen molar-refractivity contribution in [3.63, 3.8) is 0 Å². The molecule has 118 valence electrons. The average molecular weight is 310 g/mol. The summed E-state index contributed by atoms with van der Waals surface area (Å²) in [6.45, 7) is 3.12. The molecule has 0 radical (unpaired) electrons. The number of anilines is 1. The fraction of sp³-hybridized carbons (Fsp3) is 0.294. The fourth-order valence-corrected chi connectivity index (χ4v) is 2.62. The topological polar surface area (TPSA) is 75.2 Å². The summed E-state index contributed by atoms with van der Waals surface area (Å²) in [5.74, 6) is 0.472. The molecule has 0 bridgehead atoms. The van der Waals surface area contributed by atoms with E-state index in [-0.39, 0.29) is 11.8 Å². The largest absolute Gasteiger partial charge is 0.338 e. The van der Waals surface area contributed by atoms with E-state index in [0.29, 0.717) is 30.2 Å². The van der Waals surface area contributed by atoms with E-state index in [1.54, 1.807) is 19.2 Å². The molecule has 1 aliphatic heterocycles. The molecule has 0 spiro atoms. The first-order chi connectivity index (χ1) is 11.1. The van der Waals surface area contributed by atoms with Gasteiger partial charge in [-0.25, -0.2) is 9.97 Å². The minimum Gasteiger partial charge on any atom is -0.338 e. The number of benzene rings is 1. The molecule has 23 heavy (non-hydrogen) atoms. The van der Waals surface area contributed by atoms with Gasteiger partial charge in [0, 0.05) is 31.4 Å². The number of nitrogens with one attached hydrogen (secondary N) is 1. The number of rotatable bonds is 4. The lowest BCUT2D eigenvalue weighted by atomic mass is 10.2. The maximum atomic E-state index is 12.2. The third kappa shape index (κ3) is 3.71. The molecule has 0 aliphatic carbocycles. The second kappa shape index (κ2) is 6.56. The molecule has 2 aromatic rings. The third-order valence-corrected chi connectivity index (χ3v) is 3.74. The average Bonchev–Trinajstić information content (AvgIpc) is 2.93. The SMILES string of the molecule is Cc1nccc(C(=O)Nc2cccc(CN3CCCC3=O)c2)n1. The number of carbonyl (C=O) groups excluding carboxylic acids is 2. The van der Waals surface area contributed by atoms with Crippen molar-refractivity contribution < 1.29 is 9.59 Å². The van der Waals surface area contributed by atoms with Crippen LogP contribution in [0.15, 0.2) is 36.5 Å². The van der Waals surface area contributed by atoms with Gasteiger partial charge in [-0.3, -0.25) is 9.59 Å². The van der Waals surface area contributed by atoms with Gasteiger partial charge in [-0.2, -0.15) is 0 Å². The van der Waals surface area contributed by atoms with Crippen LogP contribution < -0.4 is 5.32 Å². The Kier molecular flexibility index (Phi) is 4.32. The van der Waals surface area contributed by atoms with Crippen molar-refractivity contribution in [2.24, 2.45) is 0 Å². The van der Waals surface area contributed by atoms with Crippen molar-refractivity contribution >= 4 is 17.5 Å². The molecule has 1 saturated heterocycles. The van der Waals surface area contributed by atoms with Gasteiger partial charge in [0.15, 0.2) is 0 Å². The zero-order valence-corrected chi connectivity index (χ0v) is 13.0. The first-order valence-electron chi connectivity index (χ1n) is 7.59. The molecule has 0 atom stereocenters. The van der Waals surface area contributed by atoms with Crippen molar-refractivity contribution in [2.75, 3.05) is 11.9 Å². The molecular weight excluding hydrogens is 292 g/mol. The highest BCUT2D eigenvalue weighted by Crippen LogP contribution is 2.17. The molecule has 2 amide bonds. The summed E-state index contributed by atoms with van der Waals surface area (Å²) < 4.78 is 0. The molecule has 0 saturated carbocycles. The van der Waals surface area contributed by atoms with E-state index in [2.05, 4.69) is 15.3 Å². The smallest absolute Gasteiger partial charge is 0.274 e. The van der Waals surface area contributed by atoms with Crippen LogP contribution in [0.5, 0.6) is 0 Å². The molecule has 1 N–H and O–H groups in total. The number of aryl methyl sites for hydroxylation is 1. The van der Waals surface area contributed by atoms with Crippen molar-refractivity contribution in [1.82, 2.24) is 14.9 Å². The van der Waals surface area contributed by atoms with Gasteiger partial charge >= 0.3 is 0 Å². The highest BCUT2D eigenvalue weighted by atomic mass is 16.2. The van der Waals surface area contributed by atoms with Gasteiger partial charge in [0.25, 0.3) is 5.91 Å². The first-order valence-corrected chi connectivity index (χ1v) is 7.59. The molecule has 3 rings (SSSR count). The number of nitrogens with zero attached hydrogens (tertiary/aromatic N) is 3. The number of hydrogen-bond donors (Lipinski definition) is 1. The molecule has 1 aromatic heterocycles. The van der Waals surface area contributed by atoms with Crippen LogP contribution in [0.25, 0.3) is 0 Å². The molecule has 6 nitrogen and oxygen atoms in total. The Hall–Kier alpha value is -2.76. The fourth-order valence-electron chi connectivity index (χ4n) is 2.62. The first kappa shape index (κ1) is 15.1. The second-order valence-corrected chi connectivity index (χ2v) is 5.56. The van der Waals surface area contributed by atoms with Crippen LogP contribution in [0, 0.1) is 6.92 Å². The van der Waals surface area contributed by atoms with Gasteiger partial charge in [-0.1, -0.05) is 12.1 Å². The van der Waals surface area contributed by atoms with Crippen LogP contribution in [0.2, 0.25) is 0 Å². The van der Waals surface area contributed by atoms with Crippen LogP contribution in [0.4, 0.5) is 5.69 Å². The maximum absolute atomic E-state index is 12.2. The lowest BCUT2D eigenvalue weighted by Crippen LogP contribution is -2.23. The van der Waals surface area contributed by atoms with E-state index in [4.69, 9.17) is 0 Å². The van der Waals surface area contributed by atoms with Crippen molar-refractivity contribution in [1.29, 1.82) is 0 Å². The summed E-state index contributed by atoms with van der Waals surface area (Å²) in [6.07, 6.45) is 3.11. The zero-order chi connectivity index (χ0) is 16.2. The van der Waals surface area contributed by atoms with Gasteiger partial charge < -0.3 is 10.2 Å². The van der Waals surface area contributed by atoms with Crippen LogP contribution in [-0.4, -0.2) is 33.2 Å². The molecule has 1 fully saturated rings. The zero-order valence-electron chi connectivity index (χ0n) is 13.0. The molecular formula is C17H18N4O2. The number of carbonyl (C=O) groups is 2. The normalized spacial score (nSPS) is 14.1. The molecule has 0 unspecified atom stereocenters. The summed E-state index contributed by atoms with van der Waals surface area (Å²) >= 11 is 0. The van der Waals surface area contributed by atoms with E-state index < -0.39 is 0 Å². The van der Waals surface area contributed by atoms with E-state index in [1.807, 2.05) is 29.2 Å². The van der Waals surface area contributed by atoms with E-state index in [1.165, 1.54) is 0 Å². The van der Waals surface area contributed by atoms with Crippen LogP contribution >= 0.6 is 0 Å². The number of amides is 2. The predicted molar refractivity (Wildman–Crippen MR) is 85.8 cm³/mol. The summed E-state index contributed by atoms with van der Waals surface area (Å²) in [4.78, 5) is 33.8. The molecule has 1 aromatic carbocycles. The number of likely N-dealkylation sites (tertiary alicyclic amines) is 1. The van der Waals surface area contributed by atoms with Gasteiger partial charge in [0.2, 0.25) is 5.91 Å². The standard InChI is InChI=1S/C17H18N4O2/c1-12-18-8-7-15(19-12)17(23)20-14-5-2-4-13(10-14)11-21-9-3-6-16(21)22/h2,4-5,7-8,10H,3,6,9,11H2,1H3,(H,20,23). The Morgan fingerprint density at radius 2 is 2.22 bits per heavy atom. The monoisotopic (exact) mass is 310 g/mol. The second-order valence-electron chi connectivity index (χ2n) is 5.56. The van der Waals surface area contributed by atoms with Crippen LogP contribution in [-0.2, 0) is 11.3 Å². The number of aromatic nitrogens is 2. The van der Waals surface area contributed by atoms with Crippen molar-refractivity contribution in [2.45, 2.75) is 26.3 Å². The Bertz CT molecular complexity index is 745. The predicted octanol–water partition coefficient (Wildman–Crippen LogP) is 2.16. The van der Waals surface area contributed by atoms with Gasteiger partial charge in [-0.15, -0.1) is 0 Å². The Morgan fingerprint density at radius 3 is 2.96 bits per heavy atom. The lowest BCUT2D eigenvalue weighted by Gasteiger charge is -2.16. The Morgan fingerprint density at radius 1 is 1.35 bits per heavy atom. The highest BCUT2D eigenvalue weighted by molar-refractivity contribution is 6.02. The van der Waals surface area contributed by atoms with Crippen LogP contribution in [0.3, 0.4) is 0 Å². The summed E-state index contributed by atoms with van der Waals surface area (Å²) in [5, 5.41) is 2.83. The minimum atomic E-state index is -0.273. The summed E-state index contributed by atoms with van der Waals surface area (Å²) in [7, 11) is 0. The lowest BCUT2D eigenvalue weighted by molar-refractivity contribution is -0.128. The summed E-state index contributed by atoms with van der Waals surface area (Å²) in [5.41, 5.74) is 2.02. The van der Waals surface area contributed by atoms with Crippen molar-refractivity contribution in [3.8, 4) is 0 Å². The third-order valence-electron chi connectivity index (χ3n) is 3.74. The van der Waals surface area contributed by atoms with E-state index in [0.717, 1.165) is 18.5 Å². The summed E-state index contributed by atoms with van der Waals surface area (Å²) in [6, 6.07) is 9.11. The van der Waals surface area contributed by atoms with Crippen LogP contribution in [0.1, 0.15) is 34.7 Å². The Balaban J connectivity index is 1.70. The Labute approximate surface area is 134 Å². The quantitative estimate of drug-likeness (QED) is 0.939. The van der Waals surface area contributed by atoms with Gasteiger partial charge in [-0.05, 0) is 37.1 Å².